The van der Waals surface area contributed by atoms with Gasteiger partial charge in [-0.15, -0.1) is 0 Å². The molecule has 1 fully saturated rings. The Labute approximate surface area is 181 Å². The van der Waals surface area contributed by atoms with Gasteiger partial charge in [-0.3, -0.25) is 9.78 Å². The molecule has 0 aliphatic heterocycles. The number of hydrogen-bond acceptors (Lipinski definition) is 3. The number of fused-ring (bicyclic) bond motifs is 1. The molecule has 0 saturated heterocycles. The number of rotatable bonds is 4. The molecule has 160 valence electrons. The molecule has 1 aliphatic carbocycles. The van der Waals surface area contributed by atoms with Crippen LogP contribution >= 0.6 is 0 Å². The van der Waals surface area contributed by atoms with Crippen LogP contribution in [-0.2, 0) is 0 Å². The lowest BCUT2D eigenvalue weighted by molar-refractivity contribution is 0.195. The third-order valence-corrected chi connectivity index (χ3v) is 5.65. The SMILES string of the molecule is CCNC(=O)O.c1cc(-c2ccc(-c3ccnn3C3CCCC3)cc2)c2cn[nH]c2c1. The van der Waals surface area contributed by atoms with E-state index < -0.39 is 6.09 Å². The van der Waals surface area contributed by atoms with Crippen LogP contribution in [-0.4, -0.2) is 37.7 Å². The molecule has 2 aromatic carbocycles. The van der Waals surface area contributed by atoms with E-state index in [2.05, 4.69) is 73.8 Å². The summed E-state index contributed by atoms with van der Waals surface area (Å²) in [6, 6.07) is 17.8. The Morgan fingerprint density at radius 2 is 1.87 bits per heavy atom. The molecule has 7 heteroatoms. The van der Waals surface area contributed by atoms with Crippen molar-refractivity contribution in [3.05, 3.63) is 60.9 Å². The summed E-state index contributed by atoms with van der Waals surface area (Å²) in [6.45, 7) is 2.21. The van der Waals surface area contributed by atoms with E-state index in [-0.39, 0.29) is 0 Å². The van der Waals surface area contributed by atoms with Crippen molar-refractivity contribution >= 4 is 17.0 Å². The number of carbonyl (C=O) groups is 1. The fourth-order valence-corrected chi connectivity index (χ4v) is 4.17. The standard InChI is InChI=1S/C21H20N4.C3H7NO2/c1-2-5-17(4-1)25-21(12-13-23-25)16-10-8-15(9-11-16)18-6-3-7-20-19(18)14-22-24-20;1-2-4-3(5)6/h3,6-14,17H,1-2,4-5H2,(H,22,24);4H,2H2,1H3,(H,5,6). The molecule has 0 spiro atoms. The third kappa shape index (κ3) is 4.60. The first-order valence-corrected chi connectivity index (χ1v) is 10.7. The molecular weight excluding hydrogens is 390 g/mol. The van der Waals surface area contributed by atoms with Gasteiger partial charge in [0.2, 0.25) is 0 Å². The summed E-state index contributed by atoms with van der Waals surface area (Å²) < 4.78 is 2.22. The summed E-state index contributed by atoms with van der Waals surface area (Å²) in [7, 11) is 0. The van der Waals surface area contributed by atoms with Crippen LogP contribution in [0.15, 0.2) is 60.9 Å². The minimum atomic E-state index is -0.961. The number of nitrogens with one attached hydrogen (secondary N) is 2. The zero-order chi connectivity index (χ0) is 21.6. The maximum atomic E-state index is 9.49. The number of carboxylic acid groups (broad SMARTS) is 1. The summed E-state index contributed by atoms with van der Waals surface area (Å²) in [5, 5.41) is 22.9. The maximum Gasteiger partial charge on any atom is 0.404 e. The Morgan fingerprint density at radius 1 is 1.13 bits per heavy atom. The number of hydrogen-bond donors (Lipinski definition) is 3. The van der Waals surface area contributed by atoms with E-state index in [0.29, 0.717) is 12.6 Å². The van der Waals surface area contributed by atoms with Crippen molar-refractivity contribution in [2.24, 2.45) is 0 Å². The van der Waals surface area contributed by atoms with Gasteiger partial charge in [0.25, 0.3) is 0 Å². The monoisotopic (exact) mass is 417 g/mol. The third-order valence-electron chi connectivity index (χ3n) is 5.65. The van der Waals surface area contributed by atoms with Gasteiger partial charge in [-0.1, -0.05) is 49.2 Å². The summed E-state index contributed by atoms with van der Waals surface area (Å²) >= 11 is 0. The Kier molecular flexibility index (Phi) is 6.31. The summed E-state index contributed by atoms with van der Waals surface area (Å²) in [4.78, 5) is 9.49. The van der Waals surface area contributed by atoms with Crippen LogP contribution in [0.1, 0.15) is 38.6 Å². The Hall–Kier alpha value is -3.61. The predicted octanol–water partition coefficient (Wildman–Crippen LogP) is 5.48. The largest absolute Gasteiger partial charge is 0.465 e. The van der Waals surface area contributed by atoms with E-state index in [4.69, 9.17) is 5.11 Å². The molecule has 0 radical (unpaired) electrons. The highest BCUT2D eigenvalue weighted by atomic mass is 16.4. The van der Waals surface area contributed by atoms with Crippen LogP contribution in [0, 0.1) is 0 Å². The molecule has 2 aromatic heterocycles. The van der Waals surface area contributed by atoms with Crippen LogP contribution in [0.4, 0.5) is 4.79 Å². The molecule has 0 unspecified atom stereocenters. The summed E-state index contributed by atoms with van der Waals surface area (Å²) in [5.41, 5.74) is 5.94. The van der Waals surface area contributed by atoms with Crippen molar-refractivity contribution < 1.29 is 9.90 Å². The minimum absolute atomic E-state index is 0.481. The molecule has 4 aromatic rings. The number of aromatic amines is 1. The number of H-pyrrole nitrogens is 1. The van der Waals surface area contributed by atoms with Crippen LogP contribution in [0.5, 0.6) is 0 Å². The van der Waals surface area contributed by atoms with Gasteiger partial charge in [0, 0.05) is 18.1 Å². The summed E-state index contributed by atoms with van der Waals surface area (Å²) in [6.07, 6.45) is 7.99. The molecule has 1 amide bonds. The van der Waals surface area contributed by atoms with Crippen molar-refractivity contribution in [1.82, 2.24) is 25.3 Å². The molecule has 2 heterocycles. The van der Waals surface area contributed by atoms with Crippen molar-refractivity contribution in [3.8, 4) is 22.4 Å². The normalized spacial score (nSPS) is 13.7. The number of nitrogens with zero attached hydrogens (tertiary/aromatic N) is 3. The minimum Gasteiger partial charge on any atom is -0.465 e. The lowest BCUT2D eigenvalue weighted by Crippen LogP contribution is -2.19. The second-order valence-electron chi connectivity index (χ2n) is 7.65. The first kappa shape index (κ1) is 20.7. The van der Waals surface area contributed by atoms with Crippen LogP contribution in [0.25, 0.3) is 33.3 Å². The van der Waals surface area contributed by atoms with Gasteiger partial charge in [-0.05, 0) is 48.6 Å². The van der Waals surface area contributed by atoms with Gasteiger partial charge in [-0.25, -0.2) is 4.79 Å². The summed E-state index contributed by atoms with van der Waals surface area (Å²) in [5.74, 6) is 0. The van der Waals surface area contributed by atoms with Gasteiger partial charge in [-0.2, -0.15) is 10.2 Å². The smallest absolute Gasteiger partial charge is 0.404 e. The Morgan fingerprint density at radius 3 is 2.55 bits per heavy atom. The van der Waals surface area contributed by atoms with E-state index in [1.165, 1.54) is 48.1 Å². The van der Waals surface area contributed by atoms with E-state index in [1.807, 2.05) is 12.4 Å². The fraction of sp³-hybridized carbons (Fsp3) is 0.292. The predicted molar refractivity (Wildman–Crippen MR) is 122 cm³/mol. The van der Waals surface area contributed by atoms with Gasteiger partial charge < -0.3 is 10.4 Å². The maximum absolute atomic E-state index is 9.49. The average Bonchev–Trinajstić information content (AvgIpc) is 3.55. The lowest BCUT2D eigenvalue weighted by atomic mass is 10.00. The second-order valence-corrected chi connectivity index (χ2v) is 7.65. The molecule has 7 nitrogen and oxygen atoms in total. The van der Waals surface area contributed by atoms with Crippen LogP contribution < -0.4 is 5.32 Å². The number of benzene rings is 2. The zero-order valence-electron chi connectivity index (χ0n) is 17.6. The van der Waals surface area contributed by atoms with E-state index >= 15 is 0 Å². The highest BCUT2D eigenvalue weighted by Gasteiger charge is 2.20. The molecule has 3 N–H and O–H groups in total. The van der Waals surface area contributed by atoms with E-state index in [1.54, 1.807) is 6.92 Å². The lowest BCUT2D eigenvalue weighted by Gasteiger charge is -2.14. The van der Waals surface area contributed by atoms with E-state index in [9.17, 15) is 4.79 Å². The van der Waals surface area contributed by atoms with Gasteiger partial charge in [0.05, 0.1) is 23.4 Å². The highest BCUT2D eigenvalue weighted by Crippen LogP contribution is 2.34. The average molecular weight is 418 g/mol. The van der Waals surface area contributed by atoms with Crippen molar-refractivity contribution in [2.45, 2.75) is 38.6 Å². The molecule has 5 rings (SSSR count). The molecular formula is C24H27N5O2. The van der Waals surface area contributed by atoms with Crippen LogP contribution in [0.2, 0.25) is 0 Å². The molecule has 31 heavy (non-hydrogen) atoms. The van der Waals surface area contributed by atoms with Crippen molar-refractivity contribution in [1.29, 1.82) is 0 Å². The topological polar surface area (TPSA) is 95.8 Å². The van der Waals surface area contributed by atoms with Gasteiger partial charge in [0.15, 0.2) is 0 Å². The second kappa shape index (κ2) is 9.47. The van der Waals surface area contributed by atoms with Gasteiger partial charge in [0.1, 0.15) is 0 Å². The quantitative estimate of drug-likeness (QED) is 0.409. The molecule has 0 atom stereocenters. The Bertz CT molecular complexity index is 1140. The van der Waals surface area contributed by atoms with Crippen molar-refractivity contribution in [2.75, 3.05) is 6.54 Å². The number of amides is 1. The van der Waals surface area contributed by atoms with Gasteiger partial charge >= 0.3 is 6.09 Å². The van der Waals surface area contributed by atoms with Crippen LogP contribution in [0.3, 0.4) is 0 Å². The molecule has 1 aliphatic rings. The number of aromatic nitrogens is 4. The van der Waals surface area contributed by atoms with Crippen molar-refractivity contribution in [3.63, 3.8) is 0 Å². The fourth-order valence-electron chi connectivity index (χ4n) is 4.17. The molecule has 1 saturated carbocycles. The Balaban J connectivity index is 0.000000342. The molecule has 0 bridgehead atoms. The zero-order valence-corrected chi connectivity index (χ0v) is 17.6. The first-order chi connectivity index (χ1) is 15.2. The highest BCUT2D eigenvalue weighted by molar-refractivity contribution is 5.94. The van der Waals surface area contributed by atoms with E-state index in [0.717, 1.165) is 10.9 Å². The first-order valence-electron chi connectivity index (χ1n) is 10.7.